The summed E-state index contributed by atoms with van der Waals surface area (Å²) >= 11 is 7.55. The van der Waals surface area contributed by atoms with Gasteiger partial charge in [-0.05, 0) is 53.9 Å². The molecule has 0 bridgehead atoms. The largest absolute Gasteiger partial charge is 0.501 e. The van der Waals surface area contributed by atoms with E-state index in [9.17, 15) is 9.90 Å². The molecule has 0 aliphatic heterocycles. The zero-order valence-electron chi connectivity index (χ0n) is 16.1. The van der Waals surface area contributed by atoms with E-state index in [4.69, 9.17) is 21.1 Å². The third-order valence-electron chi connectivity index (χ3n) is 4.29. The number of carbonyl (C=O) groups is 1. The van der Waals surface area contributed by atoms with Gasteiger partial charge in [0.2, 0.25) is 0 Å². The van der Waals surface area contributed by atoms with Crippen LogP contribution in [0.1, 0.15) is 22.9 Å². The molecular formula is C23H21ClO4S. The van der Waals surface area contributed by atoms with Gasteiger partial charge in [0.1, 0.15) is 5.75 Å². The molecule has 0 spiro atoms. The molecule has 0 fully saturated rings. The Balaban J connectivity index is 2.09. The van der Waals surface area contributed by atoms with E-state index in [0.717, 1.165) is 37.8 Å². The second-order valence-corrected chi connectivity index (χ2v) is 7.75. The van der Waals surface area contributed by atoms with Crippen molar-refractivity contribution < 1.29 is 19.4 Å². The molecule has 6 heteroatoms. The molecule has 1 N–H and O–H groups in total. The Morgan fingerprint density at radius 1 is 1.14 bits per heavy atom. The van der Waals surface area contributed by atoms with Gasteiger partial charge in [0.05, 0.1) is 26.4 Å². The molecule has 3 rings (SSSR count). The van der Waals surface area contributed by atoms with Gasteiger partial charge in [0.15, 0.2) is 0 Å². The summed E-state index contributed by atoms with van der Waals surface area (Å²) in [5.41, 5.74) is 3.56. The van der Waals surface area contributed by atoms with Crippen LogP contribution in [0.25, 0.3) is 16.0 Å². The van der Waals surface area contributed by atoms with Crippen LogP contribution in [0.15, 0.2) is 60.9 Å². The molecular weight excluding hydrogens is 408 g/mol. The summed E-state index contributed by atoms with van der Waals surface area (Å²) < 4.78 is 10.8. The molecule has 0 saturated heterocycles. The first-order chi connectivity index (χ1) is 14.0. The van der Waals surface area contributed by atoms with Crippen molar-refractivity contribution in [3.8, 4) is 16.2 Å². The number of methoxy groups -OCH3 is 1. The molecule has 0 amide bonds. The number of halogens is 1. The van der Waals surface area contributed by atoms with Crippen LogP contribution >= 0.6 is 22.9 Å². The number of hydrogen-bond acceptors (Lipinski definition) is 4. The van der Waals surface area contributed by atoms with Crippen LogP contribution in [0, 0.1) is 0 Å². The Morgan fingerprint density at radius 2 is 1.83 bits per heavy atom. The van der Waals surface area contributed by atoms with Gasteiger partial charge in [-0.3, -0.25) is 4.79 Å². The summed E-state index contributed by atoms with van der Waals surface area (Å²) in [7, 11) is 1.63. The van der Waals surface area contributed by atoms with E-state index in [1.807, 2.05) is 49.4 Å². The van der Waals surface area contributed by atoms with Crippen LogP contribution in [0.3, 0.4) is 0 Å². The summed E-state index contributed by atoms with van der Waals surface area (Å²) in [6.45, 7) is 2.46. The monoisotopic (exact) mass is 428 g/mol. The van der Waals surface area contributed by atoms with Crippen molar-refractivity contribution in [2.24, 2.45) is 0 Å². The van der Waals surface area contributed by atoms with E-state index in [-0.39, 0.29) is 6.42 Å². The molecule has 0 aliphatic rings. The molecule has 0 atom stereocenters. The van der Waals surface area contributed by atoms with Gasteiger partial charge < -0.3 is 14.6 Å². The van der Waals surface area contributed by atoms with Crippen molar-refractivity contribution >= 4 is 34.5 Å². The minimum atomic E-state index is -0.871. The number of thiophene rings is 1. The van der Waals surface area contributed by atoms with E-state index in [0.29, 0.717) is 11.6 Å². The van der Waals surface area contributed by atoms with Crippen LogP contribution in [0.2, 0.25) is 5.02 Å². The number of aliphatic carboxylic acids is 1. The molecule has 4 nitrogen and oxygen atoms in total. The van der Waals surface area contributed by atoms with Gasteiger partial charge in [-0.1, -0.05) is 35.9 Å². The van der Waals surface area contributed by atoms with Gasteiger partial charge in [-0.2, -0.15) is 0 Å². The van der Waals surface area contributed by atoms with E-state index in [2.05, 4.69) is 0 Å². The zero-order chi connectivity index (χ0) is 20.8. The molecule has 29 heavy (non-hydrogen) atoms. The van der Waals surface area contributed by atoms with Crippen molar-refractivity contribution in [3.05, 3.63) is 81.9 Å². The molecule has 1 aromatic heterocycles. The smallest absolute Gasteiger partial charge is 0.307 e. The number of ether oxygens (including phenoxy) is 2. The highest BCUT2D eigenvalue weighted by molar-refractivity contribution is 7.16. The molecule has 1 heterocycles. The van der Waals surface area contributed by atoms with Crippen molar-refractivity contribution in [1.82, 2.24) is 0 Å². The summed E-state index contributed by atoms with van der Waals surface area (Å²) in [6, 6.07) is 17.1. The van der Waals surface area contributed by atoms with E-state index in [1.54, 1.807) is 25.5 Å². The summed E-state index contributed by atoms with van der Waals surface area (Å²) in [5.74, 6) is -0.103. The third-order valence-corrected chi connectivity index (χ3v) is 5.80. The number of rotatable bonds is 8. The second-order valence-electron chi connectivity index (χ2n) is 6.26. The maximum absolute atomic E-state index is 11.4. The number of benzene rings is 2. The van der Waals surface area contributed by atoms with Crippen molar-refractivity contribution in [3.63, 3.8) is 0 Å². The number of carboxylic acids is 1. The Labute approximate surface area is 179 Å². The zero-order valence-corrected chi connectivity index (χ0v) is 17.7. The number of carboxylic acid groups (broad SMARTS) is 1. The quantitative estimate of drug-likeness (QED) is 0.438. The molecule has 0 unspecified atom stereocenters. The highest BCUT2D eigenvalue weighted by Gasteiger charge is 2.17. The van der Waals surface area contributed by atoms with Gasteiger partial charge in [-0.25, -0.2) is 0 Å². The fourth-order valence-corrected chi connectivity index (χ4v) is 4.25. The van der Waals surface area contributed by atoms with Gasteiger partial charge in [0.25, 0.3) is 0 Å². The summed E-state index contributed by atoms with van der Waals surface area (Å²) in [5, 5.41) is 10.0. The Hall–Kier alpha value is -2.76. The third kappa shape index (κ3) is 5.19. The highest BCUT2D eigenvalue weighted by Crippen LogP contribution is 2.39. The van der Waals surface area contributed by atoms with Crippen LogP contribution in [-0.4, -0.2) is 24.8 Å². The van der Waals surface area contributed by atoms with Crippen molar-refractivity contribution in [2.75, 3.05) is 13.7 Å². The molecule has 0 saturated carbocycles. The van der Waals surface area contributed by atoms with Crippen LogP contribution in [0.4, 0.5) is 0 Å². The van der Waals surface area contributed by atoms with Crippen molar-refractivity contribution in [1.29, 1.82) is 0 Å². The van der Waals surface area contributed by atoms with E-state index >= 15 is 0 Å². The predicted octanol–water partition coefficient (Wildman–Crippen LogP) is 6.13. The summed E-state index contributed by atoms with van der Waals surface area (Å²) in [6.07, 6.45) is 1.67. The first-order valence-corrected chi connectivity index (χ1v) is 10.3. The lowest BCUT2D eigenvalue weighted by molar-refractivity contribution is -0.136. The Kier molecular flexibility index (Phi) is 6.96. The van der Waals surface area contributed by atoms with Gasteiger partial charge in [-0.15, -0.1) is 11.3 Å². The van der Waals surface area contributed by atoms with Crippen molar-refractivity contribution in [2.45, 2.75) is 13.3 Å². The molecule has 2 aromatic carbocycles. The lowest BCUT2D eigenvalue weighted by Gasteiger charge is -2.08. The normalized spacial score (nSPS) is 11.3. The highest BCUT2D eigenvalue weighted by atomic mass is 35.5. The van der Waals surface area contributed by atoms with Crippen LogP contribution in [0.5, 0.6) is 5.75 Å². The predicted molar refractivity (Wildman–Crippen MR) is 118 cm³/mol. The minimum absolute atomic E-state index is 0.0566. The average molecular weight is 429 g/mol. The van der Waals surface area contributed by atoms with Crippen LogP contribution in [-0.2, 0) is 16.0 Å². The van der Waals surface area contributed by atoms with E-state index < -0.39 is 5.97 Å². The summed E-state index contributed by atoms with van der Waals surface area (Å²) in [4.78, 5) is 13.3. The fraction of sp³-hybridized carbons (Fsp3) is 0.174. The Morgan fingerprint density at radius 3 is 2.41 bits per heavy atom. The molecule has 0 radical (unpaired) electrons. The lowest BCUT2D eigenvalue weighted by atomic mass is 10.0. The molecule has 150 valence electrons. The minimum Gasteiger partial charge on any atom is -0.501 e. The SMILES string of the molecule is CCOC=C(c1ccc(OC)cc1)c1cc(CC(=O)O)c(-c2ccc(Cl)cc2)s1. The van der Waals surface area contributed by atoms with Crippen LogP contribution < -0.4 is 4.74 Å². The number of hydrogen-bond donors (Lipinski definition) is 1. The molecule has 0 aliphatic carbocycles. The first kappa shape index (κ1) is 21.0. The molecule has 3 aromatic rings. The van der Waals surface area contributed by atoms with Gasteiger partial charge >= 0.3 is 5.97 Å². The standard InChI is InChI=1S/C23H21ClO4S/c1-3-28-14-20(15-6-10-19(27-2)11-7-15)21-12-17(13-22(25)26)23(29-21)16-4-8-18(24)9-5-16/h4-12,14H,3,13H2,1-2H3,(H,25,26). The van der Waals surface area contributed by atoms with Gasteiger partial charge in [0, 0.05) is 20.4 Å². The lowest BCUT2D eigenvalue weighted by Crippen LogP contribution is -1.99. The van der Waals surface area contributed by atoms with E-state index in [1.165, 1.54) is 11.3 Å². The topological polar surface area (TPSA) is 55.8 Å². The maximum Gasteiger partial charge on any atom is 0.307 e. The fourth-order valence-electron chi connectivity index (χ4n) is 2.91. The average Bonchev–Trinajstić information content (AvgIpc) is 3.12. The Bertz CT molecular complexity index is 1000. The maximum atomic E-state index is 11.4. The second kappa shape index (κ2) is 9.63. The first-order valence-electron chi connectivity index (χ1n) is 9.08.